The zero-order valence-electron chi connectivity index (χ0n) is 19.4. The fraction of sp³-hybridized carbons (Fsp3) is 1.00. The third-order valence-corrected chi connectivity index (χ3v) is 7.82. The number of nitrogens with zero attached hydrogens (tertiary/aromatic N) is 4. The van der Waals surface area contributed by atoms with Crippen LogP contribution < -0.4 is 0 Å². The first-order chi connectivity index (χ1) is 13.2. The highest BCUT2D eigenvalue weighted by atomic mass is 19.4. The highest BCUT2D eigenvalue weighted by molar-refractivity contribution is 5.02. The van der Waals surface area contributed by atoms with Crippen molar-refractivity contribution in [2.75, 3.05) is 46.8 Å². The van der Waals surface area contributed by atoms with Crippen LogP contribution in [-0.4, -0.2) is 102 Å². The van der Waals surface area contributed by atoms with E-state index >= 15 is 0 Å². The molecule has 0 aromatic rings. The topological polar surface area (TPSA) is 13.0 Å². The first kappa shape index (κ1) is 23.3. The lowest BCUT2D eigenvalue weighted by atomic mass is 9.70. The third-order valence-electron chi connectivity index (χ3n) is 7.82. The van der Waals surface area contributed by atoms with Crippen LogP contribution in [0, 0.1) is 5.92 Å². The Balaban J connectivity index is 1.44. The molecule has 0 aromatic carbocycles. The van der Waals surface area contributed by atoms with E-state index < -0.39 is 12.7 Å². The molecule has 3 fully saturated rings. The number of likely N-dealkylation sites (N-methyl/N-ethyl adjacent to an activating group) is 2. The molecule has 0 bridgehead atoms. The summed E-state index contributed by atoms with van der Waals surface area (Å²) in [6.07, 6.45) is -0.425. The van der Waals surface area contributed by atoms with Crippen molar-refractivity contribution in [3.63, 3.8) is 0 Å². The molecular weight excluding hydrogens is 377 g/mol. The van der Waals surface area contributed by atoms with E-state index in [-0.39, 0.29) is 17.1 Å². The molecule has 2 heterocycles. The Kier molecular flexibility index (Phi) is 6.39. The molecule has 2 saturated heterocycles. The number of alkyl halides is 3. The van der Waals surface area contributed by atoms with Crippen LogP contribution in [0.3, 0.4) is 0 Å². The monoisotopic (exact) mass is 418 g/mol. The van der Waals surface area contributed by atoms with Gasteiger partial charge in [-0.05, 0) is 73.9 Å². The number of hydrogen-bond donors (Lipinski definition) is 0. The molecule has 0 radical (unpaired) electrons. The van der Waals surface area contributed by atoms with Crippen LogP contribution in [0.4, 0.5) is 13.2 Å². The molecule has 2 unspecified atom stereocenters. The number of likely N-dealkylation sites (tertiary alicyclic amines) is 2. The van der Waals surface area contributed by atoms with Crippen LogP contribution >= 0.6 is 0 Å². The Morgan fingerprint density at radius 3 is 1.83 bits per heavy atom. The van der Waals surface area contributed by atoms with Crippen molar-refractivity contribution in [1.82, 2.24) is 19.6 Å². The van der Waals surface area contributed by atoms with Crippen LogP contribution in [0.5, 0.6) is 0 Å². The van der Waals surface area contributed by atoms with Crippen LogP contribution in [0.1, 0.15) is 53.9 Å². The van der Waals surface area contributed by atoms with E-state index in [0.29, 0.717) is 18.0 Å². The minimum absolute atomic E-state index is 0.0223. The Bertz CT molecular complexity index is 559. The maximum atomic E-state index is 12.6. The van der Waals surface area contributed by atoms with Gasteiger partial charge in [0.25, 0.3) is 0 Å². The van der Waals surface area contributed by atoms with Gasteiger partial charge in [-0.15, -0.1) is 0 Å². The molecule has 29 heavy (non-hydrogen) atoms. The van der Waals surface area contributed by atoms with Crippen LogP contribution in [0.2, 0.25) is 0 Å². The van der Waals surface area contributed by atoms with Crippen molar-refractivity contribution in [3.8, 4) is 0 Å². The van der Waals surface area contributed by atoms with E-state index in [1.165, 1.54) is 17.7 Å². The predicted molar refractivity (Wildman–Crippen MR) is 112 cm³/mol. The third kappa shape index (κ3) is 5.28. The van der Waals surface area contributed by atoms with E-state index in [1.807, 2.05) is 0 Å². The molecule has 4 nitrogen and oxygen atoms in total. The molecule has 0 N–H and O–H groups in total. The van der Waals surface area contributed by atoms with E-state index in [2.05, 4.69) is 56.4 Å². The fourth-order valence-electron chi connectivity index (χ4n) is 5.27. The van der Waals surface area contributed by atoms with Crippen molar-refractivity contribution in [1.29, 1.82) is 0 Å². The molecule has 0 amide bonds. The maximum Gasteiger partial charge on any atom is 0.401 e. The number of halogens is 3. The zero-order chi connectivity index (χ0) is 21.8. The normalized spacial score (nSPS) is 28.6. The van der Waals surface area contributed by atoms with Gasteiger partial charge in [-0.3, -0.25) is 19.6 Å². The highest BCUT2D eigenvalue weighted by Gasteiger charge is 2.47. The SMILES string of the molecule is CN(CC(F)(F)F)C1CN(C(C)(C)CC2CCC2N(C)C2CN(C(C)(C)C)C2)C1. The molecule has 0 spiro atoms. The minimum atomic E-state index is -4.11. The van der Waals surface area contributed by atoms with Gasteiger partial charge in [0, 0.05) is 55.4 Å². The summed E-state index contributed by atoms with van der Waals surface area (Å²) in [5, 5.41) is 0. The van der Waals surface area contributed by atoms with Crippen molar-refractivity contribution < 1.29 is 13.2 Å². The van der Waals surface area contributed by atoms with Crippen molar-refractivity contribution in [2.45, 2.75) is 89.3 Å². The molecule has 7 heteroatoms. The Hall–Kier alpha value is -0.370. The maximum absolute atomic E-state index is 12.6. The van der Waals surface area contributed by atoms with Gasteiger partial charge < -0.3 is 0 Å². The Morgan fingerprint density at radius 2 is 1.38 bits per heavy atom. The first-order valence-electron chi connectivity index (χ1n) is 11.2. The second kappa shape index (κ2) is 7.95. The molecule has 3 aliphatic rings. The largest absolute Gasteiger partial charge is 0.401 e. The zero-order valence-corrected chi connectivity index (χ0v) is 19.4. The van der Waals surface area contributed by atoms with Gasteiger partial charge in [0.2, 0.25) is 0 Å². The fourth-order valence-corrected chi connectivity index (χ4v) is 5.27. The van der Waals surface area contributed by atoms with Crippen LogP contribution in [0.25, 0.3) is 0 Å². The number of rotatable bonds is 7. The van der Waals surface area contributed by atoms with E-state index in [4.69, 9.17) is 0 Å². The average Bonchev–Trinajstić information content (AvgIpc) is 2.36. The lowest BCUT2D eigenvalue weighted by molar-refractivity contribution is -0.158. The van der Waals surface area contributed by atoms with Gasteiger partial charge in [0.15, 0.2) is 0 Å². The van der Waals surface area contributed by atoms with E-state index in [9.17, 15) is 13.2 Å². The summed E-state index contributed by atoms with van der Waals surface area (Å²) < 4.78 is 37.9. The summed E-state index contributed by atoms with van der Waals surface area (Å²) in [5.41, 5.74) is 0.308. The standard InChI is InChI=1S/C22H41F3N4/c1-20(2,3)28-13-18(14-28)27(7)19-9-8-16(19)10-21(4,5)29-11-17(12-29)26(6)15-22(23,24)25/h16-19H,8-15H2,1-7H3. The smallest absolute Gasteiger partial charge is 0.298 e. The van der Waals surface area contributed by atoms with Gasteiger partial charge >= 0.3 is 6.18 Å². The second-order valence-electron chi connectivity index (χ2n) is 11.4. The van der Waals surface area contributed by atoms with Crippen LogP contribution in [0.15, 0.2) is 0 Å². The molecule has 1 saturated carbocycles. The lowest BCUT2D eigenvalue weighted by Crippen LogP contribution is -2.68. The van der Waals surface area contributed by atoms with Gasteiger partial charge in [0.05, 0.1) is 6.54 Å². The molecule has 2 atom stereocenters. The quantitative estimate of drug-likeness (QED) is 0.627. The minimum Gasteiger partial charge on any atom is -0.298 e. The van der Waals surface area contributed by atoms with Gasteiger partial charge in [0.1, 0.15) is 0 Å². The van der Waals surface area contributed by atoms with Gasteiger partial charge in [-0.2, -0.15) is 13.2 Å². The summed E-state index contributed by atoms with van der Waals surface area (Å²) in [7, 11) is 3.89. The first-order valence-corrected chi connectivity index (χ1v) is 11.2. The lowest BCUT2D eigenvalue weighted by Gasteiger charge is -2.57. The van der Waals surface area contributed by atoms with E-state index in [1.54, 1.807) is 7.05 Å². The Morgan fingerprint density at radius 1 is 0.828 bits per heavy atom. The van der Waals surface area contributed by atoms with Crippen LogP contribution in [-0.2, 0) is 0 Å². The molecule has 170 valence electrons. The molecule has 0 aromatic heterocycles. The summed E-state index contributed by atoms with van der Waals surface area (Å²) >= 11 is 0. The summed E-state index contributed by atoms with van der Waals surface area (Å²) in [4.78, 5) is 9.00. The van der Waals surface area contributed by atoms with Gasteiger partial charge in [-0.25, -0.2) is 0 Å². The molecule has 1 aliphatic carbocycles. The van der Waals surface area contributed by atoms with E-state index in [0.717, 1.165) is 32.6 Å². The summed E-state index contributed by atoms with van der Waals surface area (Å²) in [6, 6.07) is 1.34. The highest BCUT2D eigenvalue weighted by Crippen LogP contribution is 2.42. The summed E-state index contributed by atoms with van der Waals surface area (Å²) in [6.45, 7) is 14.4. The second-order valence-corrected chi connectivity index (χ2v) is 11.4. The van der Waals surface area contributed by atoms with Crippen molar-refractivity contribution >= 4 is 0 Å². The van der Waals surface area contributed by atoms with Crippen molar-refractivity contribution in [3.05, 3.63) is 0 Å². The predicted octanol–water partition coefficient (Wildman–Crippen LogP) is 3.53. The van der Waals surface area contributed by atoms with Gasteiger partial charge in [-0.1, -0.05) is 0 Å². The summed E-state index contributed by atoms with van der Waals surface area (Å²) in [5.74, 6) is 0.700. The molecular formula is C22H41F3N4. The Labute approximate surface area is 175 Å². The molecule has 3 rings (SSSR count). The van der Waals surface area contributed by atoms with Crippen molar-refractivity contribution in [2.24, 2.45) is 5.92 Å². The number of hydrogen-bond acceptors (Lipinski definition) is 4. The average molecular weight is 419 g/mol. The molecule has 2 aliphatic heterocycles.